The van der Waals surface area contributed by atoms with Gasteiger partial charge in [-0.3, -0.25) is 4.79 Å². The van der Waals surface area contributed by atoms with Gasteiger partial charge in [-0.15, -0.1) is 0 Å². The second-order valence-electron chi connectivity index (χ2n) is 4.97. The maximum absolute atomic E-state index is 12.7. The average molecular weight is 305 g/mol. The molecular weight excluding hydrogens is 286 g/mol. The lowest BCUT2D eigenvalue weighted by Gasteiger charge is -2.38. The van der Waals surface area contributed by atoms with Gasteiger partial charge in [-0.1, -0.05) is 18.3 Å². The number of hydrogen-bond donors (Lipinski definition) is 2. The molecule has 6 nitrogen and oxygen atoms in total. The molecule has 3 N–H and O–H groups in total. The van der Waals surface area contributed by atoms with Crippen LogP contribution in [-0.4, -0.2) is 36.8 Å². The second kappa shape index (κ2) is 5.35. The zero-order valence-electron chi connectivity index (χ0n) is 11.0. The SMILES string of the molecule is Cc1[nH]c(=O)sc1S(=O)(=O)N1CCCC(C)C1CN. The van der Waals surface area contributed by atoms with Crippen LogP contribution >= 0.6 is 11.3 Å². The number of nitrogens with one attached hydrogen (secondary N) is 1. The second-order valence-corrected chi connectivity index (χ2v) is 8.03. The summed E-state index contributed by atoms with van der Waals surface area (Å²) < 4.78 is 26.9. The molecule has 1 aromatic heterocycles. The highest BCUT2D eigenvalue weighted by atomic mass is 32.2. The molecule has 108 valence electrons. The number of thiazole rings is 1. The maximum Gasteiger partial charge on any atom is 0.305 e. The largest absolute Gasteiger partial charge is 0.329 e. The molecule has 0 aromatic carbocycles. The fourth-order valence-corrected chi connectivity index (χ4v) is 5.79. The Balaban J connectivity index is 2.43. The molecule has 1 aliphatic rings. The van der Waals surface area contributed by atoms with Gasteiger partial charge in [0.15, 0.2) is 4.21 Å². The molecule has 0 aliphatic carbocycles. The van der Waals surface area contributed by atoms with Crippen molar-refractivity contribution < 1.29 is 8.42 Å². The van der Waals surface area contributed by atoms with Gasteiger partial charge in [0, 0.05) is 24.8 Å². The van der Waals surface area contributed by atoms with Gasteiger partial charge in [0.25, 0.3) is 10.0 Å². The zero-order chi connectivity index (χ0) is 14.2. The highest BCUT2D eigenvalue weighted by Crippen LogP contribution is 2.30. The average Bonchev–Trinajstić information content (AvgIpc) is 2.68. The summed E-state index contributed by atoms with van der Waals surface area (Å²) in [6.45, 7) is 4.40. The summed E-state index contributed by atoms with van der Waals surface area (Å²) in [6.07, 6.45) is 1.81. The smallest absolute Gasteiger partial charge is 0.305 e. The van der Waals surface area contributed by atoms with Gasteiger partial charge in [-0.2, -0.15) is 4.31 Å². The first kappa shape index (κ1) is 14.7. The van der Waals surface area contributed by atoms with E-state index in [0.717, 1.165) is 24.2 Å². The van der Waals surface area contributed by atoms with E-state index in [1.807, 2.05) is 6.92 Å². The van der Waals surface area contributed by atoms with Crippen molar-refractivity contribution in [1.82, 2.24) is 9.29 Å². The number of nitrogens with two attached hydrogens (primary N) is 1. The number of aromatic amines is 1. The van der Waals surface area contributed by atoms with Crippen LogP contribution in [0.3, 0.4) is 0 Å². The van der Waals surface area contributed by atoms with E-state index in [1.165, 1.54) is 4.31 Å². The van der Waals surface area contributed by atoms with Gasteiger partial charge in [0.2, 0.25) is 0 Å². The molecule has 2 unspecified atom stereocenters. The minimum absolute atomic E-state index is 0.116. The lowest BCUT2D eigenvalue weighted by atomic mass is 9.93. The van der Waals surface area contributed by atoms with Crippen LogP contribution in [0.15, 0.2) is 9.00 Å². The molecule has 0 radical (unpaired) electrons. The van der Waals surface area contributed by atoms with E-state index >= 15 is 0 Å². The first-order chi connectivity index (χ1) is 8.87. The van der Waals surface area contributed by atoms with Crippen molar-refractivity contribution in [3.8, 4) is 0 Å². The number of aryl methyl sites for hydroxylation is 1. The standard InChI is InChI=1S/C11H19N3O3S2/c1-7-4-3-5-14(9(7)6-12)19(16,17)10-8(2)13-11(15)18-10/h7,9H,3-6,12H2,1-2H3,(H,13,15). The number of rotatable bonds is 3. The number of aromatic nitrogens is 1. The Morgan fingerprint density at radius 2 is 2.21 bits per heavy atom. The summed E-state index contributed by atoms with van der Waals surface area (Å²) in [5.41, 5.74) is 6.14. The van der Waals surface area contributed by atoms with E-state index in [9.17, 15) is 13.2 Å². The van der Waals surface area contributed by atoms with Crippen molar-refractivity contribution in [3.63, 3.8) is 0 Å². The molecule has 2 heterocycles. The molecule has 0 spiro atoms. The van der Waals surface area contributed by atoms with Gasteiger partial charge < -0.3 is 10.7 Å². The highest BCUT2D eigenvalue weighted by Gasteiger charge is 2.38. The molecule has 1 aliphatic heterocycles. The van der Waals surface area contributed by atoms with E-state index in [4.69, 9.17) is 5.73 Å². The lowest BCUT2D eigenvalue weighted by molar-refractivity contribution is 0.193. The fourth-order valence-electron chi connectivity index (χ4n) is 2.60. The van der Waals surface area contributed by atoms with E-state index in [2.05, 4.69) is 4.98 Å². The molecule has 2 atom stereocenters. The van der Waals surface area contributed by atoms with Crippen LogP contribution in [0.5, 0.6) is 0 Å². The van der Waals surface area contributed by atoms with Gasteiger partial charge >= 0.3 is 4.87 Å². The van der Waals surface area contributed by atoms with E-state index < -0.39 is 10.0 Å². The molecule has 1 aromatic rings. The third-order valence-electron chi connectivity index (χ3n) is 3.63. The topological polar surface area (TPSA) is 96.3 Å². The Kier molecular flexibility index (Phi) is 4.14. The fraction of sp³-hybridized carbons (Fsp3) is 0.727. The first-order valence-corrected chi connectivity index (χ1v) is 8.55. The summed E-state index contributed by atoms with van der Waals surface area (Å²) >= 11 is 0.747. The Bertz CT molecular complexity index is 605. The van der Waals surface area contributed by atoms with Crippen LogP contribution in [0.25, 0.3) is 0 Å². The van der Waals surface area contributed by atoms with Crippen LogP contribution in [0.1, 0.15) is 25.5 Å². The number of piperidine rings is 1. The van der Waals surface area contributed by atoms with Gasteiger partial charge in [0.05, 0.1) is 0 Å². The molecular formula is C11H19N3O3S2. The predicted molar refractivity (Wildman–Crippen MR) is 74.8 cm³/mol. The lowest BCUT2D eigenvalue weighted by Crippen LogP contribution is -2.51. The van der Waals surface area contributed by atoms with Gasteiger partial charge in [-0.05, 0) is 25.7 Å². The first-order valence-electron chi connectivity index (χ1n) is 6.29. The number of nitrogens with zero attached hydrogens (tertiary/aromatic N) is 1. The normalized spacial score (nSPS) is 25.6. The summed E-state index contributed by atoms with van der Waals surface area (Å²) in [5.74, 6) is 0.240. The summed E-state index contributed by atoms with van der Waals surface area (Å²) in [4.78, 5) is 13.5. The van der Waals surface area contributed by atoms with Crippen LogP contribution in [0.2, 0.25) is 0 Å². The summed E-state index contributed by atoms with van der Waals surface area (Å²) in [6, 6.07) is -0.185. The van der Waals surface area contributed by atoms with Crippen LogP contribution in [-0.2, 0) is 10.0 Å². The molecule has 19 heavy (non-hydrogen) atoms. The van der Waals surface area contributed by atoms with Crippen molar-refractivity contribution in [3.05, 3.63) is 15.4 Å². The highest BCUT2D eigenvalue weighted by molar-refractivity contribution is 7.91. The monoisotopic (exact) mass is 305 g/mol. The number of sulfonamides is 1. The zero-order valence-corrected chi connectivity index (χ0v) is 12.7. The van der Waals surface area contributed by atoms with E-state index in [-0.39, 0.29) is 21.0 Å². The quantitative estimate of drug-likeness (QED) is 0.849. The Morgan fingerprint density at radius 1 is 1.53 bits per heavy atom. The Labute approximate surface area is 116 Å². The molecule has 1 saturated heterocycles. The molecule has 8 heteroatoms. The van der Waals surface area contributed by atoms with Crippen molar-refractivity contribution in [2.75, 3.05) is 13.1 Å². The predicted octanol–water partition coefficient (Wildman–Crippen LogP) is 0.493. The van der Waals surface area contributed by atoms with Crippen LogP contribution in [0, 0.1) is 12.8 Å². The van der Waals surface area contributed by atoms with Crippen molar-refractivity contribution in [2.45, 2.75) is 36.9 Å². The molecule has 0 amide bonds. The summed E-state index contributed by atoms with van der Waals surface area (Å²) in [5, 5.41) is 0. The van der Waals surface area contributed by atoms with Crippen LogP contribution in [0.4, 0.5) is 0 Å². The third kappa shape index (κ3) is 2.62. The van der Waals surface area contributed by atoms with E-state index in [1.54, 1.807) is 6.92 Å². The number of hydrogen-bond acceptors (Lipinski definition) is 5. The number of H-pyrrole nitrogens is 1. The van der Waals surface area contributed by atoms with E-state index in [0.29, 0.717) is 18.8 Å². The van der Waals surface area contributed by atoms with Crippen LogP contribution < -0.4 is 10.6 Å². The Hall–Kier alpha value is -0.700. The minimum Gasteiger partial charge on any atom is -0.329 e. The Morgan fingerprint density at radius 3 is 2.74 bits per heavy atom. The molecule has 2 rings (SSSR count). The van der Waals surface area contributed by atoms with Crippen molar-refractivity contribution in [2.24, 2.45) is 11.7 Å². The van der Waals surface area contributed by atoms with Crippen molar-refractivity contribution in [1.29, 1.82) is 0 Å². The minimum atomic E-state index is -3.63. The molecule has 0 bridgehead atoms. The molecule has 1 fully saturated rings. The van der Waals surface area contributed by atoms with Gasteiger partial charge in [-0.25, -0.2) is 8.42 Å². The third-order valence-corrected chi connectivity index (χ3v) is 7.14. The van der Waals surface area contributed by atoms with Gasteiger partial charge in [0.1, 0.15) is 0 Å². The van der Waals surface area contributed by atoms with Crippen molar-refractivity contribution >= 4 is 21.4 Å². The summed E-state index contributed by atoms with van der Waals surface area (Å²) in [7, 11) is -3.63. The maximum atomic E-state index is 12.7. The molecule has 0 saturated carbocycles.